The van der Waals surface area contributed by atoms with Gasteiger partial charge in [0.1, 0.15) is 0 Å². The van der Waals surface area contributed by atoms with Crippen LogP contribution >= 0.6 is 11.8 Å². The van der Waals surface area contributed by atoms with E-state index in [1.807, 2.05) is 37.3 Å². The van der Waals surface area contributed by atoms with E-state index in [9.17, 15) is 13.2 Å². The summed E-state index contributed by atoms with van der Waals surface area (Å²) in [5.41, 5.74) is 2.81. The minimum atomic E-state index is -3.61. The van der Waals surface area contributed by atoms with Gasteiger partial charge in [0.05, 0.1) is 36.1 Å². The van der Waals surface area contributed by atoms with E-state index in [-0.39, 0.29) is 10.8 Å². The van der Waals surface area contributed by atoms with Gasteiger partial charge < -0.3 is 9.64 Å². The van der Waals surface area contributed by atoms with Crippen LogP contribution in [0.4, 0.5) is 5.69 Å². The molecular weight excluding hydrogens is 396 g/mol. The second kappa shape index (κ2) is 7.87. The van der Waals surface area contributed by atoms with Gasteiger partial charge in [0.15, 0.2) is 0 Å². The molecule has 4 rings (SSSR count). The Labute approximate surface area is 169 Å². The third-order valence-electron chi connectivity index (χ3n) is 4.90. The maximum atomic E-state index is 13.0. The first-order valence-corrected chi connectivity index (χ1v) is 11.6. The Morgan fingerprint density at radius 3 is 2.64 bits per heavy atom. The highest BCUT2D eigenvalue weighted by Gasteiger charge is 2.30. The maximum Gasteiger partial charge on any atom is 0.243 e. The van der Waals surface area contributed by atoms with Gasteiger partial charge in [-0.3, -0.25) is 4.79 Å². The van der Waals surface area contributed by atoms with Crippen molar-refractivity contribution in [3.63, 3.8) is 0 Å². The molecule has 2 aliphatic rings. The summed E-state index contributed by atoms with van der Waals surface area (Å²) in [4.78, 5) is 15.5. The molecule has 2 aromatic carbocycles. The lowest BCUT2D eigenvalue weighted by Crippen LogP contribution is -2.41. The van der Waals surface area contributed by atoms with E-state index in [1.54, 1.807) is 17.0 Å². The molecule has 0 saturated carbocycles. The van der Waals surface area contributed by atoms with E-state index in [1.165, 1.54) is 16.1 Å². The number of nitrogens with zero attached hydrogens (tertiary/aromatic N) is 2. The highest BCUT2D eigenvalue weighted by Crippen LogP contribution is 2.38. The molecule has 6 nitrogen and oxygen atoms in total. The molecule has 1 amide bonds. The van der Waals surface area contributed by atoms with Gasteiger partial charge in [-0.2, -0.15) is 4.31 Å². The number of benzene rings is 2. The van der Waals surface area contributed by atoms with Crippen molar-refractivity contribution in [3.05, 3.63) is 53.6 Å². The lowest BCUT2D eigenvalue weighted by Gasteiger charge is -2.31. The zero-order valence-electron chi connectivity index (χ0n) is 15.6. The van der Waals surface area contributed by atoms with Crippen LogP contribution < -0.4 is 4.90 Å². The Kier molecular flexibility index (Phi) is 5.46. The number of hydrogen-bond donors (Lipinski definition) is 0. The van der Waals surface area contributed by atoms with Crippen LogP contribution in [0, 0.1) is 6.92 Å². The predicted molar refractivity (Wildman–Crippen MR) is 109 cm³/mol. The van der Waals surface area contributed by atoms with Crippen LogP contribution in [-0.2, 0) is 26.1 Å². The largest absolute Gasteiger partial charge is 0.379 e. The number of sulfonamides is 1. The third-order valence-corrected chi connectivity index (χ3v) is 7.85. The summed E-state index contributed by atoms with van der Waals surface area (Å²) >= 11 is 1.45. The van der Waals surface area contributed by atoms with Gasteiger partial charge in [-0.05, 0) is 30.7 Å². The molecule has 0 atom stereocenters. The Balaban J connectivity index is 1.69. The molecule has 2 heterocycles. The highest BCUT2D eigenvalue weighted by molar-refractivity contribution is 8.00. The fraction of sp³-hybridized carbons (Fsp3) is 0.350. The van der Waals surface area contributed by atoms with Crippen LogP contribution in [0.1, 0.15) is 11.1 Å². The average molecular weight is 419 g/mol. The van der Waals surface area contributed by atoms with Crippen molar-refractivity contribution in [2.75, 3.05) is 37.0 Å². The molecule has 8 heteroatoms. The Morgan fingerprint density at radius 2 is 1.89 bits per heavy atom. The summed E-state index contributed by atoms with van der Waals surface area (Å²) in [6.07, 6.45) is 0. The van der Waals surface area contributed by atoms with Gasteiger partial charge in [0.25, 0.3) is 0 Å². The molecule has 0 aliphatic carbocycles. The number of hydrogen-bond acceptors (Lipinski definition) is 5. The van der Waals surface area contributed by atoms with Crippen LogP contribution in [0.15, 0.2) is 52.3 Å². The molecule has 0 aromatic heterocycles. The molecule has 1 fully saturated rings. The average Bonchev–Trinajstić information content (AvgIpc) is 2.70. The summed E-state index contributed by atoms with van der Waals surface area (Å²) in [7, 11) is -3.61. The smallest absolute Gasteiger partial charge is 0.243 e. The molecule has 0 spiro atoms. The summed E-state index contributed by atoms with van der Waals surface area (Å²) in [6, 6.07) is 13.1. The number of carbonyl (C=O) groups is 1. The fourth-order valence-corrected chi connectivity index (χ4v) is 5.79. The third kappa shape index (κ3) is 3.82. The van der Waals surface area contributed by atoms with Crippen molar-refractivity contribution in [1.29, 1.82) is 0 Å². The number of rotatable bonds is 4. The lowest BCUT2D eigenvalue weighted by atomic mass is 10.1. The Bertz CT molecular complexity index is 1000. The molecular formula is C20H22N2O4S2. The first kappa shape index (κ1) is 19.4. The minimum absolute atomic E-state index is 0.0140. The van der Waals surface area contributed by atoms with Gasteiger partial charge in [-0.15, -0.1) is 11.8 Å². The van der Waals surface area contributed by atoms with Crippen LogP contribution in [-0.4, -0.2) is 50.7 Å². The van der Waals surface area contributed by atoms with Crippen LogP contribution in [0.5, 0.6) is 0 Å². The number of aryl methyl sites for hydroxylation is 1. The van der Waals surface area contributed by atoms with E-state index in [0.29, 0.717) is 44.3 Å². The van der Waals surface area contributed by atoms with Crippen molar-refractivity contribution in [3.8, 4) is 0 Å². The van der Waals surface area contributed by atoms with E-state index in [4.69, 9.17) is 4.74 Å². The normalized spacial score (nSPS) is 18.2. The van der Waals surface area contributed by atoms with E-state index in [0.717, 1.165) is 16.0 Å². The number of thioether (sulfide) groups is 1. The van der Waals surface area contributed by atoms with Crippen LogP contribution in [0.3, 0.4) is 0 Å². The van der Waals surface area contributed by atoms with Gasteiger partial charge in [0, 0.05) is 18.0 Å². The Hall–Kier alpha value is -1.87. The van der Waals surface area contributed by atoms with Gasteiger partial charge in [0.2, 0.25) is 15.9 Å². The number of ether oxygens (including phenoxy) is 1. The Morgan fingerprint density at radius 1 is 1.11 bits per heavy atom. The second-order valence-corrected chi connectivity index (χ2v) is 9.86. The summed E-state index contributed by atoms with van der Waals surface area (Å²) in [5, 5.41) is 0. The van der Waals surface area contributed by atoms with Crippen molar-refractivity contribution in [2.45, 2.75) is 23.3 Å². The van der Waals surface area contributed by atoms with Gasteiger partial charge >= 0.3 is 0 Å². The number of morpholine rings is 1. The molecule has 0 N–H and O–H groups in total. The minimum Gasteiger partial charge on any atom is -0.379 e. The molecule has 0 radical (unpaired) electrons. The zero-order chi connectivity index (χ0) is 19.7. The molecule has 28 heavy (non-hydrogen) atoms. The number of fused-ring (bicyclic) bond motifs is 1. The monoisotopic (exact) mass is 418 g/mol. The number of anilines is 1. The summed E-state index contributed by atoms with van der Waals surface area (Å²) in [5.74, 6) is 0.342. The second-order valence-electron chi connectivity index (χ2n) is 6.90. The standard InChI is InChI=1S/C20H22N2O4S2/c1-15-3-2-4-16(11-15)13-22-18-12-17(5-6-19(18)27-14-20(22)23)28(24,25)21-7-9-26-10-8-21/h2-6,11-12H,7-10,13-14H2,1H3. The molecule has 0 unspecified atom stereocenters. The topological polar surface area (TPSA) is 66.9 Å². The van der Waals surface area contributed by atoms with Crippen molar-refractivity contribution in [2.24, 2.45) is 0 Å². The quantitative estimate of drug-likeness (QED) is 0.764. The first-order valence-electron chi connectivity index (χ1n) is 9.16. The maximum absolute atomic E-state index is 13.0. The highest BCUT2D eigenvalue weighted by atomic mass is 32.2. The van der Waals surface area contributed by atoms with Gasteiger partial charge in [-0.25, -0.2) is 8.42 Å². The molecule has 2 aromatic rings. The van der Waals surface area contributed by atoms with E-state index >= 15 is 0 Å². The van der Waals surface area contributed by atoms with Crippen molar-refractivity contribution < 1.29 is 17.9 Å². The van der Waals surface area contributed by atoms with Gasteiger partial charge in [-0.1, -0.05) is 29.8 Å². The number of carbonyl (C=O) groups excluding carboxylic acids is 1. The summed E-state index contributed by atoms with van der Waals surface area (Å²) in [6.45, 7) is 3.93. The lowest BCUT2D eigenvalue weighted by molar-refractivity contribution is -0.116. The van der Waals surface area contributed by atoms with Crippen LogP contribution in [0.2, 0.25) is 0 Å². The molecule has 2 aliphatic heterocycles. The number of amides is 1. The van der Waals surface area contributed by atoms with E-state index in [2.05, 4.69) is 0 Å². The zero-order valence-corrected chi connectivity index (χ0v) is 17.3. The SMILES string of the molecule is Cc1cccc(CN2C(=O)CSc3ccc(S(=O)(=O)N4CCOCC4)cc32)c1. The predicted octanol–water partition coefficient (Wildman–Crippen LogP) is 2.65. The first-order chi connectivity index (χ1) is 13.4. The van der Waals surface area contributed by atoms with Crippen molar-refractivity contribution in [1.82, 2.24) is 4.31 Å². The molecule has 148 valence electrons. The molecule has 1 saturated heterocycles. The van der Waals surface area contributed by atoms with Crippen molar-refractivity contribution >= 4 is 33.4 Å². The fourth-order valence-electron chi connectivity index (χ4n) is 3.44. The molecule has 0 bridgehead atoms. The van der Waals surface area contributed by atoms with Crippen LogP contribution in [0.25, 0.3) is 0 Å². The van der Waals surface area contributed by atoms with E-state index < -0.39 is 10.0 Å². The summed E-state index contributed by atoms with van der Waals surface area (Å²) < 4.78 is 32.8.